The zero-order valence-corrected chi connectivity index (χ0v) is 22.4. The Labute approximate surface area is 219 Å². The Morgan fingerprint density at radius 3 is 2.65 bits per heavy atom. The van der Waals surface area contributed by atoms with E-state index < -0.39 is 21.1 Å². The lowest BCUT2D eigenvalue weighted by Crippen LogP contribution is -2.44. The van der Waals surface area contributed by atoms with Gasteiger partial charge in [-0.2, -0.15) is 0 Å². The monoisotopic (exact) mass is 546 g/mol. The number of nitrogens with one attached hydrogen (secondary N) is 1. The maximum absolute atomic E-state index is 12.9. The summed E-state index contributed by atoms with van der Waals surface area (Å²) in [6, 6.07) is 1.55. The Morgan fingerprint density at radius 2 is 1.97 bits per heavy atom. The predicted molar refractivity (Wildman–Crippen MR) is 142 cm³/mol. The fraction of sp³-hybridized carbons (Fsp3) is 0.522. The first-order valence-corrected chi connectivity index (χ1v) is 14.9. The Balaban J connectivity index is 1.35. The molecule has 0 aliphatic carbocycles. The van der Waals surface area contributed by atoms with Crippen LogP contribution in [-0.2, 0) is 25.9 Å². The third-order valence-electron chi connectivity index (χ3n) is 6.79. The van der Waals surface area contributed by atoms with Crippen LogP contribution in [0.4, 0.5) is 11.8 Å². The molecule has 12 nitrogen and oxygen atoms in total. The van der Waals surface area contributed by atoms with Crippen molar-refractivity contribution >= 4 is 49.1 Å². The van der Waals surface area contributed by atoms with E-state index in [4.69, 9.17) is 20.4 Å². The van der Waals surface area contributed by atoms with Gasteiger partial charge in [0.2, 0.25) is 11.9 Å². The molecule has 14 heteroatoms. The number of morpholine rings is 1. The van der Waals surface area contributed by atoms with Crippen LogP contribution in [0.25, 0.3) is 21.6 Å². The number of carbonyl (C=O) groups excluding carboxylic acids is 1. The molecule has 5 heterocycles. The number of nitrogen functional groups attached to an aromatic ring is 1. The van der Waals surface area contributed by atoms with E-state index in [9.17, 15) is 13.2 Å². The molecule has 2 unspecified atom stereocenters. The Bertz CT molecular complexity index is 1390. The number of rotatable bonds is 7. The highest BCUT2D eigenvalue weighted by Crippen LogP contribution is 2.34. The summed E-state index contributed by atoms with van der Waals surface area (Å²) in [6.07, 6.45) is 5.02. The van der Waals surface area contributed by atoms with Crippen LogP contribution in [0.3, 0.4) is 0 Å². The van der Waals surface area contributed by atoms with E-state index in [0.29, 0.717) is 50.7 Å². The third-order valence-corrected chi connectivity index (χ3v) is 9.51. The minimum atomic E-state index is -3.11. The fourth-order valence-electron chi connectivity index (χ4n) is 4.57. The van der Waals surface area contributed by atoms with Crippen LogP contribution in [0.2, 0.25) is 0 Å². The maximum Gasteiger partial charge on any atom is 0.237 e. The number of ether oxygens (including phenoxy) is 1. The molecule has 3 aromatic rings. The van der Waals surface area contributed by atoms with Crippen LogP contribution in [-0.4, -0.2) is 96.1 Å². The molecule has 2 atom stereocenters. The number of fused-ring (bicyclic) bond motifs is 1. The van der Waals surface area contributed by atoms with Crippen LogP contribution >= 0.6 is 11.3 Å². The van der Waals surface area contributed by atoms with Gasteiger partial charge in [0, 0.05) is 49.7 Å². The fourth-order valence-corrected chi connectivity index (χ4v) is 6.61. The highest BCUT2D eigenvalue weighted by molar-refractivity contribution is 7.91. The molecular weight excluding hydrogens is 516 g/mol. The molecule has 2 fully saturated rings. The Hall–Kier alpha value is -2.94. The van der Waals surface area contributed by atoms with Crippen molar-refractivity contribution in [3.05, 3.63) is 23.3 Å². The minimum Gasteiger partial charge on any atom is -0.378 e. The van der Waals surface area contributed by atoms with E-state index in [0.717, 1.165) is 34.0 Å². The summed E-state index contributed by atoms with van der Waals surface area (Å²) < 4.78 is 30.2. The number of likely N-dealkylation sites (tertiary alicyclic amines) is 1. The third kappa shape index (κ3) is 5.66. The first-order valence-electron chi connectivity index (χ1n) is 12.1. The standard InChI is InChI=1S/C23H30N8O4S2/c1-14(31-4-3-17(13-31)37(2,33)34)22(32)25-12-16-9-18-19(36-16)21(30-5-7-35-8-6-30)29-20(28-18)15-10-26-23(24)27-11-15/h9-11,14,17H,3-8,12-13H2,1-2H3,(H,25,32)(H2,24,26,27). The van der Waals surface area contributed by atoms with Crippen LogP contribution < -0.4 is 16.0 Å². The second kappa shape index (κ2) is 10.4. The van der Waals surface area contributed by atoms with Gasteiger partial charge in [0.1, 0.15) is 0 Å². The highest BCUT2D eigenvalue weighted by atomic mass is 32.2. The number of nitrogens with zero attached hydrogens (tertiary/aromatic N) is 6. The molecule has 5 rings (SSSR count). The summed E-state index contributed by atoms with van der Waals surface area (Å²) in [7, 11) is -3.11. The smallest absolute Gasteiger partial charge is 0.237 e. The zero-order chi connectivity index (χ0) is 26.2. The van der Waals surface area contributed by atoms with E-state index in [1.165, 1.54) is 6.26 Å². The lowest BCUT2D eigenvalue weighted by Gasteiger charge is -2.28. The largest absolute Gasteiger partial charge is 0.378 e. The molecule has 3 N–H and O–H groups in total. The highest BCUT2D eigenvalue weighted by Gasteiger charge is 2.34. The summed E-state index contributed by atoms with van der Waals surface area (Å²) in [5, 5.41) is 2.59. The Morgan fingerprint density at radius 1 is 1.24 bits per heavy atom. The quantitative estimate of drug-likeness (QED) is 0.430. The summed E-state index contributed by atoms with van der Waals surface area (Å²) in [6.45, 7) is 5.80. The molecule has 37 heavy (non-hydrogen) atoms. The number of carbonyl (C=O) groups is 1. The van der Waals surface area contributed by atoms with E-state index in [2.05, 4.69) is 20.2 Å². The zero-order valence-electron chi connectivity index (χ0n) is 20.8. The number of thiophene rings is 1. The number of amides is 1. The molecule has 2 saturated heterocycles. The van der Waals surface area contributed by atoms with Crippen molar-refractivity contribution in [2.45, 2.75) is 31.2 Å². The van der Waals surface area contributed by atoms with Gasteiger partial charge in [-0.25, -0.2) is 28.4 Å². The summed E-state index contributed by atoms with van der Waals surface area (Å²) in [4.78, 5) is 35.7. The average Bonchev–Trinajstić information content (AvgIpc) is 3.55. The molecule has 0 aromatic carbocycles. The van der Waals surface area contributed by atoms with Crippen LogP contribution in [0.15, 0.2) is 18.5 Å². The van der Waals surface area contributed by atoms with Gasteiger partial charge in [-0.15, -0.1) is 11.3 Å². The van der Waals surface area contributed by atoms with Crippen molar-refractivity contribution < 1.29 is 17.9 Å². The molecule has 0 spiro atoms. The first kappa shape index (κ1) is 25.7. The van der Waals surface area contributed by atoms with Crippen molar-refractivity contribution in [2.75, 3.05) is 56.3 Å². The molecular formula is C23H30N8O4S2. The molecule has 0 radical (unpaired) electrons. The molecule has 0 saturated carbocycles. The van der Waals surface area contributed by atoms with Gasteiger partial charge in [-0.1, -0.05) is 0 Å². The molecule has 1 amide bonds. The van der Waals surface area contributed by atoms with Gasteiger partial charge >= 0.3 is 0 Å². The van der Waals surface area contributed by atoms with Crippen molar-refractivity contribution in [1.29, 1.82) is 0 Å². The van der Waals surface area contributed by atoms with Crippen LogP contribution in [0.1, 0.15) is 18.2 Å². The first-order chi connectivity index (χ1) is 17.7. The number of hydrogen-bond acceptors (Lipinski definition) is 12. The molecule has 2 aliphatic rings. The molecule has 3 aromatic heterocycles. The van der Waals surface area contributed by atoms with Gasteiger partial charge in [-0.3, -0.25) is 9.69 Å². The number of hydrogen-bond donors (Lipinski definition) is 2. The van der Waals surface area contributed by atoms with Gasteiger partial charge in [0.15, 0.2) is 21.5 Å². The maximum atomic E-state index is 12.9. The van der Waals surface area contributed by atoms with Gasteiger partial charge in [0.25, 0.3) is 0 Å². The van der Waals surface area contributed by atoms with Crippen molar-refractivity contribution in [1.82, 2.24) is 30.2 Å². The minimum absolute atomic E-state index is 0.134. The van der Waals surface area contributed by atoms with E-state index >= 15 is 0 Å². The predicted octanol–water partition coefficient (Wildman–Crippen LogP) is 0.691. The summed E-state index contributed by atoms with van der Waals surface area (Å²) in [5.41, 5.74) is 7.09. The summed E-state index contributed by atoms with van der Waals surface area (Å²) in [5.74, 6) is 1.37. The second-order valence-electron chi connectivity index (χ2n) is 9.36. The van der Waals surface area contributed by atoms with E-state index in [1.54, 1.807) is 23.7 Å². The second-order valence-corrected chi connectivity index (χ2v) is 12.8. The molecule has 2 aliphatic heterocycles. The lowest BCUT2D eigenvalue weighted by atomic mass is 10.2. The van der Waals surface area contributed by atoms with Crippen LogP contribution in [0.5, 0.6) is 0 Å². The lowest BCUT2D eigenvalue weighted by molar-refractivity contribution is -0.125. The van der Waals surface area contributed by atoms with Crippen molar-refractivity contribution in [3.8, 4) is 11.4 Å². The van der Waals surface area contributed by atoms with E-state index in [-0.39, 0.29) is 11.9 Å². The Kier molecular flexibility index (Phi) is 7.25. The van der Waals surface area contributed by atoms with Crippen molar-refractivity contribution in [2.24, 2.45) is 0 Å². The van der Waals surface area contributed by atoms with Gasteiger partial charge in [-0.05, 0) is 19.4 Å². The summed E-state index contributed by atoms with van der Waals surface area (Å²) >= 11 is 1.55. The SMILES string of the molecule is CC(C(=O)NCc1cc2nc(-c3cnc(N)nc3)nc(N3CCOCC3)c2s1)N1CCC(S(C)(=O)=O)C1. The average molecular weight is 547 g/mol. The van der Waals surface area contributed by atoms with E-state index in [1.807, 2.05) is 17.9 Å². The number of nitrogens with two attached hydrogens (primary N) is 1. The normalized spacial score (nSPS) is 19.8. The molecule has 198 valence electrons. The van der Waals surface area contributed by atoms with Gasteiger partial charge < -0.3 is 20.7 Å². The number of sulfone groups is 1. The number of anilines is 2. The topological polar surface area (TPSA) is 157 Å². The van der Waals surface area contributed by atoms with Gasteiger partial charge in [0.05, 0.1) is 46.8 Å². The van der Waals surface area contributed by atoms with Crippen molar-refractivity contribution in [3.63, 3.8) is 0 Å². The van der Waals surface area contributed by atoms with Crippen LogP contribution in [0, 0.1) is 0 Å². The molecule has 0 bridgehead atoms. The number of aromatic nitrogens is 4.